The van der Waals surface area contributed by atoms with Gasteiger partial charge in [-0.3, -0.25) is 0 Å². The van der Waals surface area contributed by atoms with E-state index in [1.165, 1.54) is 0 Å². The largest absolute Gasteiger partial charge is 0.313 e. The first-order chi connectivity index (χ1) is 4.29. The molecule has 1 fully saturated rings. The summed E-state index contributed by atoms with van der Waals surface area (Å²) >= 11 is 0. The van der Waals surface area contributed by atoms with E-state index in [0.717, 1.165) is 19.4 Å². The van der Waals surface area contributed by atoms with E-state index in [1.807, 2.05) is 0 Å². The quantitative estimate of drug-likeness (QED) is 0.513. The highest BCUT2D eigenvalue weighted by atomic mass is 32.2. The van der Waals surface area contributed by atoms with Crippen LogP contribution >= 0.6 is 0 Å². The topological polar surface area (TPSA) is 46.2 Å². The fraction of sp³-hybridized carbons (Fsp3) is 1.00. The summed E-state index contributed by atoms with van der Waals surface area (Å²) in [5.74, 6) is 0.315. The molecule has 1 aliphatic rings. The lowest BCUT2D eigenvalue weighted by Crippen LogP contribution is -2.25. The van der Waals surface area contributed by atoms with E-state index in [0.29, 0.717) is 5.75 Å². The molecule has 1 saturated heterocycles. The summed E-state index contributed by atoms with van der Waals surface area (Å²) in [4.78, 5) is 0. The monoisotopic (exact) mass is 149 g/mol. The van der Waals surface area contributed by atoms with E-state index in [9.17, 15) is 8.42 Å². The normalized spacial score (nSPS) is 27.4. The van der Waals surface area contributed by atoms with E-state index in [-0.39, 0.29) is 6.04 Å². The molecule has 0 saturated carbocycles. The Balaban J connectivity index is 2.27. The van der Waals surface area contributed by atoms with Gasteiger partial charge in [-0.25, -0.2) is 8.42 Å². The molecular weight excluding hydrogens is 138 g/mol. The van der Waals surface area contributed by atoms with Crippen LogP contribution < -0.4 is 5.32 Å². The Morgan fingerprint density at radius 2 is 2.33 bits per heavy atom. The first-order valence-corrected chi connectivity index (χ1v) is 4.50. The Kier molecular flexibility index (Phi) is 2.48. The summed E-state index contributed by atoms with van der Waals surface area (Å²) < 4.78 is 20.3. The molecule has 0 amide bonds. The van der Waals surface area contributed by atoms with Crippen LogP contribution in [0.15, 0.2) is 0 Å². The van der Waals surface area contributed by atoms with Gasteiger partial charge in [-0.05, 0) is 19.4 Å². The highest BCUT2D eigenvalue weighted by molar-refractivity contribution is 7.72. The summed E-state index contributed by atoms with van der Waals surface area (Å²) in [7, 11) is -2.17. The molecular formula is C5H11NO2S. The molecule has 54 valence electrons. The van der Waals surface area contributed by atoms with Crippen molar-refractivity contribution in [1.82, 2.24) is 5.32 Å². The molecule has 1 heterocycles. The summed E-state index contributed by atoms with van der Waals surface area (Å²) in [6.45, 7) is 0.980. The number of thiol groups is 1. The minimum atomic E-state index is -2.17. The van der Waals surface area contributed by atoms with Gasteiger partial charge in [-0.15, -0.1) is 0 Å². The van der Waals surface area contributed by atoms with Crippen molar-refractivity contribution in [2.24, 2.45) is 0 Å². The van der Waals surface area contributed by atoms with Crippen molar-refractivity contribution in [1.29, 1.82) is 0 Å². The Bertz CT molecular complexity index is 141. The molecule has 0 aromatic rings. The third kappa shape index (κ3) is 2.32. The van der Waals surface area contributed by atoms with Crippen LogP contribution in [0.3, 0.4) is 0 Å². The van der Waals surface area contributed by atoms with Crippen molar-refractivity contribution in [2.75, 3.05) is 12.3 Å². The van der Waals surface area contributed by atoms with Crippen LogP contribution in [0.2, 0.25) is 0 Å². The van der Waals surface area contributed by atoms with Crippen molar-refractivity contribution in [3.05, 3.63) is 0 Å². The second kappa shape index (κ2) is 3.17. The Labute approximate surface area is 56.4 Å². The fourth-order valence-electron chi connectivity index (χ4n) is 1.09. The third-order valence-corrected chi connectivity index (χ3v) is 2.27. The lowest BCUT2D eigenvalue weighted by molar-refractivity contribution is 0.594. The van der Waals surface area contributed by atoms with Crippen molar-refractivity contribution in [3.63, 3.8) is 0 Å². The predicted molar refractivity (Wildman–Crippen MR) is 36.2 cm³/mol. The van der Waals surface area contributed by atoms with E-state index >= 15 is 0 Å². The highest BCUT2D eigenvalue weighted by Gasteiger charge is 2.13. The zero-order chi connectivity index (χ0) is 6.69. The molecule has 1 atom stereocenters. The van der Waals surface area contributed by atoms with E-state index in [1.54, 1.807) is 0 Å². The van der Waals surface area contributed by atoms with Crippen molar-refractivity contribution >= 4 is 10.7 Å². The lowest BCUT2D eigenvalue weighted by atomic mass is 10.3. The standard InChI is InChI=1S/C5H11NO2S/c7-9(8)4-5-2-1-3-6-5/h5-6,9H,1-4H2. The molecule has 1 N–H and O–H groups in total. The average molecular weight is 149 g/mol. The van der Waals surface area contributed by atoms with Gasteiger partial charge >= 0.3 is 0 Å². The smallest absolute Gasteiger partial charge is 0.141 e. The van der Waals surface area contributed by atoms with E-state index < -0.39 is 10.7 Å². The molecule has 0 bridgehead atoms. The van der Waals surface area contributed by atoms with Crippen molar-refractivity contribution in [2.45, 2.75) is 18.9 Å². The number of hydrogen-bond acceptors (Lipinski definition) is 3. The molecule has 0 radical (unpaired) electrons. The third-order valence-electron chi connectivity index (χ3n) is 1.53. The van der Waals surface area contributed by atoms with Crippen molar-refractivity contribution < 1.29 is 8.42 Å². The van der Waals surface area contributed by atoms with Gasteiger partial charge in [-0.1, -0.05) is 0 Å². The van der Waals surface area contributed by atoms with Gasteiger partial charge in [0.2, 0.25) is 0 Å². The predicted octanol–water partition coefficient (Wildman–Crippen LogP) is -0.650. The van der Waals surface area contributed by atoms with E-state index in [2.05, 4.69) is 5.32 Å². The lowest BCUT2D eigenvalue weighted by Gasteiger charge is -2.01. The first-order valence-electron chi connectivity index (χ1n) is 3.14. The minimum absolute atomic E-state index is 0.242. The average Bonchev–Trinajstić information content (AvgIpc) is 2.15. The maximum absolute atomic E-state index is 10.2. The Morgan fingerprint density at radius 3 is 2.78 bits per heavy atom. The molecule has 9 heavy (non-hydrogen) atoms. The van der Waals surface area contributed by atoms with Gasteiger partial charge in [0.1, 0.15) is 10.7 Å². The maximum atomic E-state index is 10.2. The zero-order valence-corrected chi connectivity index (χ0v) is 6.06. The second-order valence-electron chi connectivity index (χ2n) is 2.31. The Hall–Kier alpha value is -0.0900. The molecule has 4 heteroatoms. The van der Waals surface area contributed by atoms with Gasteiger partial charge in [-0.2, -0.15) is 0 Å². The summed E-state index contributed by atoms with van der Waals surface area (Å²) in [5.41, 5.74) is 0. The van der Waals surface area contributed by atoms with Gasteiger partial charge < -0.3 is 5.32 Å². The summed E-state index contributed by atoms with van der Waals surface area (Å²) in [5, 5.41) is 3.10. The van der Waals surface area contributed by atoms with E-state index in [4.69, 9.17) is 0 Å². The minimum Gasteiger partial charge on any atom is -0.313 e. The molecule has 1 unspecified atom stereocenters. The van der Waals surface area contributed by atoms with Crippen LogP contribution in [-0.4, -0.2) is 26.8 Å². The van der Waals surface area contributed by atoms with Crippen LogP contribution in [0.1, 0.15) is 12.8 Å². The maximum Gasteiger partial charge on any atom is 0.141 e. The highest BCUT2D eigenvalue weighted by Crippen LogP contribution is 2.03. The molecule has 3 nitrogen and oxygen atoms in total. The van der Waals surface area contributed by atoms with Gasteiger partial charge in [0, 0.05) is 6.04 Å². The van der Waals surface area contributed by atoms with Crippen LogP contribution in [-0.2, 0) is 10.7 Å². The van der Waals surface area contributed by atoms with Gasteiger partial charge in [0.25, 0.3) is 0 Å². The SMILES string of the molecule is O=[SH](=O)CC1CCCN1. The molecule has 1 aliphatic heterocycles. The fourth-order valence-corrected chi connectivity index (χ4v) is 1.76. The van der Waals surface area contributed by atoms with Crippen LogP contribution in [0.25, 0.3) is 0 Å². The van der Waals surface area contributed by atoms with Gasteiger partial charge in [0.05, 0.1) is 5.75 Å². The number of nitrogens with one attached hydrogen (secondary N) is 1. The van der Waals surface area contributed by atoms with Crippen LogP contribution in [0, 0.1) is 0 Å². The molecule has 0 aromatic carbocycles. The summed E-state index contributed by atoms with van der Waals surface area (Å²) in [6, 6.07) is 0.242. The molecule has 0 spiro atoms. The Morgan fingerprint density at radius 1 is 1.56 bits per heavy atom. The van der Waals surface area contributed by atoms with Crippen molar-refractivity contribution in [3.8, 4) is 0 Å². The van der Waals surface area contributed by atoms with Crippen LogP contribution in [0.5, 0.6) is 0 Å². The molecule has 1 rings (SSSR count). The van der Waals surface area contributed by atoms with Gasteiger partial charge in [0.15, 0.2) is 0 Å². The molecule has 0 aliphatic carbocycles. The first kappa shape index (κ1) is 7.02. The second-order valence-corrected chi connectivity index (χ2v) is 3.34. The number of rotatable bonds is 2. The number of hydrogen-bond donors (Lipinski definition) is 2. The summed E-state index contributed by atoms with van der Waals surface area (Å²) in [6.07, 6.45) is 2.14. The zero-order valence-electron chi connectivity index (χ0n) is 5.17. The molecule has 0 aromatic heterocycles. The van der Waals surface area contributed by atoms with Crippen LogP contribution in [0.4, 0.5) is 0 Å².